The molecule has 2 heterocycles. The van der Waals surface area contributed by atoms with Crippen LogP contribution in [-0.2, 0) is 17.8 Å². The van der Waals surface area contributed by atoms with Crippen LogP contribution in [0.5, 0.6) is 11.5 Å². The van der Waals surface area contributed by atoms with Gasteiger partial charge in [0.15, 0.2) is 11.5 Å². The van der Waals surface area contributed by atoms with Crippen LogP contribution >= 0.6 is 24.0 Å². The van der Waals surface area contributed by atoms with Crippen LogP contribution in [0.3, 0.4) is 0 Å². The van der Waals surface area contributed by atoms with E-state index in [0.717, 1.165) is 12.0 Å². The highest BCUT2D eigenvalue weighted by Crippen LogP contribution is 2.36. The minimum atomic E-state index is -0.361. The molecule has 1 atom stereocenters. The first-order chi connectivity index (χ1) is 17.7. The molecule has 37 heavy (non-hydrogen) atoms. The number of rotatable bonds is 10. The number of thioether (sulfide) groups is 1. The molecule has 10 heteroatoms. The Morgan fingerprint density at radius 3 is 2.51 bits per heavy atom. The first kappa shape index (κ1) is 28.3. The number of ether oxygens (including phenoxy) is 2. The van der Waals surface area contributed by atoms with Crippen molar-refractivity contribution in [2.45, 2.75) is 53.1 Å². The van der Waals surface area contributed by atoms with E-state index in [1.54, 1.807) is 36.7 Å². The van der Waals surface area contributed by atoms with E-state index in [1.807, 2.05) is 45.0 Å². The summed E-state index contributed by atoms with van der Waals surface area (Å²) in [6.45, 7) is 8.43. The fourth-order valence-electron chi connectivity index (χ4n) is 4.19. The second-order valence-electron chi connectivity index (χ2n) is 8.60. The van der Waals surface area contributed by atoms with Crippen LogP contribution in [0.1, 0.15) is 49.4 Å². The third kappa shape index (κ3) is 5.68. The minimum Gasteiger partial charge on any atom is -0.493 e. The summed E-state index contributed by atoms with van der Waals surface area (Å²) in [5.74, 6) is 1.70. The molecule has 3 rings (SSSR count). The van der Waals surface area contributed by atoms with Crippen LogP contribution in [0.4, 0.5) is 5.82 Å². The quantitative estimate of drug-likeness (QED) is 0.342. The fraction of sp³-hybridized carbons (Fsp3) is 0.407. The highest BCUT2D eigenvalue weighted by atomic mass is 32.2. The number of carbonyl (C=O) groups excluding carboxylic acids is 1. The lowest BCUT2D eigenvalue weighted by atomic mass is 10.0. The molecule has 1 aromatic carbocycles. The van der Waals surface area contributed by atoms with Crippen molar-refractivity contribution >= 4 is 46.1 Å². The minimum absolute atomic E-state index is 0.0159. The average Bonchev–Trinajstić information content (AvgIpc) is 3.18. The number of nitrogens with zero attached hydrogens (tertiary/aromatic N) is 3. The predicted octanol–water partition coefficient (Wildman–Crippen LogP) is 4.72. The number of pyridine rings is 1. The summed E-state index contributed by atoms with van der Waals surface area (Å²) in [6.07, 6.45) is 3.18. The molecule has 1 aliphatic rings. The van der Waals surface area contributed by atoms with Gasteiger partial charge in [0, 0.05) is 24.7 Å². The number of nitriles is 1. The number of nitrogens with one attached hydrogen (secondary N) is 1. The molecular weight excluding hydrogens is 508 g/mol. The Balaban J connectivity index is 2.02. The Bertz CT molecular complexity index is 1340. The summed E-state index contributed by atoms with van der Waals surface area (Å²) in [5, 5.41) is 13.1. The van der Waals surface area contributed by atoms with Gasteiger partial charge < -0.3 is 14.8 Å². The molecule has 8 nitrogen and oxygen atoms in total. The molecule has 1 N–H and O–H groups in total. The van der Waals surface area contributed by atoms with Crippen molar-refractivity contribution in [2.75, 3.05) is 26.1 Å². The number of hydrogen-bond acceptors (Lipinski definition) is 8. The van der Waals surface area contributed by atoms with Crippen molar-refractivity contribution in [3.8, 4) is 17.6 Å². The maximum atomic E-state index is 13.2. The van der Waals surface area contributed by atoms with Gasteiger partial charge in [0.1, 0.15) is 21.8 Å². The largest absolute Gasteiger partial charge is 0.493 e. The number of amides is 1. The molecule has 0 bridgehead atoms. The second-order valence-corrected chi connectivity index (χ2v) is 10.3. The molecule has 2 aromatic rings. The maximum absolute atomic E-state index is 13.2. The normalized spacial score (nSPS) is 15.2. The van der Waals surface area contributed by atoms with E-state index in [9.17, 15) is 14.9 Å². The van der Waals surface area contributed by atoms with Crippen molar-refractivity contribution in [1.82, 2.24) is 9.47 Å². The molecule has 0 spiro atoms. The number of thiocarbonyl (C=S) groups is 1. The van der Waals surface area contributed by atoms with Crippen LogP contribution in [0.25, 0.3) is 6.08 Å². The topological polar surface area (TPSA) is 96.6 Å². The first-order valence-corrected chi connectivity index (χ1v) is 13.3. The summed E-state index contributed by atoms with van der Waals surface area (Å²) >= 11 is 6.73. The zero-order valence-corrected chi connectivity index (χ0v) is 23.6. The fourth-order valence-corrected chi connectivity index (χ4v) is 5.63. The molecule has 0 radical (unpaired) electrons. The van der Waals surface area contributed by atoms with E-state index in [1.165, 1.54) is 11.8 Å². The van der Waals surface area contributed by atoms with Crippen molar-refractivity contribution in [3.05, 3.63) is 55.7 Å². The molecule has 1 fully saturated rings. The first-order valence-electron chi connectivity index (χ1n) is 12.1. The summed E-state index contributed by atoms with van der Waals surface area (Å²) in [7, 11) is 3.18. The van der Waals surface area contributed by atoms with E-state index in [2.05, 4.69) is 5.32 Å². The maximum Gasteiger partial charge on any atom is 0.270 e. The summed E-state index contributed by atoms with van der Waals surface area (Å²) in [6, 6.07) is 7.76. The number of anilines is 1. The summed E-state index contributed by atoms with van der Waals surface area (Å²) in [5.41, 5.74) is 1.89. The molecular formula is C27H32N4O4S2. The van der Waals surface area contributed by atoms with Crippen LogP contribution in [0.2, 0.25) is 0 Å². The standard InChI is InChI=1S/C27H32N4O4S2/c1-7-16(3)31-26(33)23(37-27(31)36)14-19-17(4)20(15-28)25(32)30(8-2)24(19)29-12-11-18-9-10-21(34-5)22(13-18)35-6/h9-10,13-14,16,29H,7-8,11-12H2,1-6H3/b23-14+. The van der Waals surface area contributed by atoms with Gasteiger partial charge >= 0.3 is 0 Å². The van der Waals surface area contributed by atoms with Crippen molar-refractivity contribution in [3.63, 3.8) is 0 Å². The molecule has 1 aromatic heterocycles. The predicted molar refractivity (Wildman–Crippen MR) is 152 cm³/mol. The Morgan fingerprint density at radius 1 is 1.22 bits per heavy atom. The van der Waals surface area contributed by atoms with E-state index >= 15 is 0 Å². The number of hydrogen-bond donors (Lipinski definition) is 1. The molecule has 1 saturated heterocycles. The van der Waals surface area contributed by atoms with Crippen LogP contribution in [0, 0.1) is 18.3 Å². The molecule has 1 aliphatic heterocycles. The second kappa shape index (κ2) is 12.3. The molecule has 0 saturated carbocycles. The van der Waals surface area contributed by atoms with Gasteiger partial charge in [0.05, 0.1) is 19.1 Å². The van der Waals surface area contributed by atoms with Gasteiger partial charge in [-0.25, -0.2) is 0 Å². The van der Waals surface area contributed by atoms with Gasteiger partial charge in [-0.1, -0.05) is 37.0 Å². The van der Waals surface area contributed by atoms with Gasteiger partial charge in [-0.3, -0.25) is 19.1 Å². The van der Waals surface area contributed by atoms with Crippen molar-refractivity contribution < 1.29 is 14.3 Å². The van der Waals surface area contributed by atoms with Gasteiger partial charge in [-0.15, -0.1) is 0 Å². The zero-order chi connectivity index (χ0) is 27.3. The Kier molecular flexibility index (Phi) is 9.40. The van der Waals surface area contributed by atoms with E-state index in [0.29, 0.717) is 57.2 Å². The number of aromatic nitrogens is 1. The monoisotopic (exact) mass is 540 g/mol. The summed E-state index contributed by atoms with van der Waals surface area (Å²) in [4.78, 5) is 28.4. The number of methoxy groups -OCH3 is 2. The zero-order valence-electron chi connectivity index (χ0n) is 22.0. The average molecular weight is 541 g/mol. The lowest BCUT2D eigenvalue weighted by Crippen LogP contribution is -2.36. The Morgan fingerprint density at radius 2 is 1.92 bits per heavy atom. The van der Waals surface area contributed by atoms with Gasteiger partial charge in [0.25, 0.3) is 11.5 Å². The van der Waals surface area contributed by atoms with Gasteiger partial charge in [-0.05, 0) is 62.9 Å². The van der Waals surface area contributed by atoms with E-state index in [-0.39, 0.29) is 23.1 Å². The van der Waals surface area contributed by atoms with E-state index < -0.39 is 0 Å². The lowest BCUT2D eigenvalue weighted by molar-refractivity contribution is -0.123. The molecule has 196 valence electrons. The van der Waals surface area contributed by atoms with Crippen LogP contribution < -0.4 is 20.3 Å². The lowest BCUT2D eigenvalue weighted by Gasteiger charge is -2.21. The molecule has 1 unspecified atom stereocenters. The Labute approximate surface area is 227 Å². The molecule has 1 amide bonds. The Hall–Kier alpha value is -3.29. The number of carbonyl (C=O) groups is 1. The highest BCUT2D eigenvalue weighted by Gasteiger charge is 2.35. The number of benzene rings is 1. The van der Waals surface area contributed by atoms with Gasteiger partial charge in [0.2, 0.25) is 0 Å². The van der Waals surface area contributed by atoms with Crippen LogP contribution in [0.15, 0.2) is 27.9 Å². The summed E-state index contributed by atoms with van der Waals surface area (Å²) < 4.78 is 12.8. The SMILES string of the molecule is CCC(C)N1C(=O)/C(=C\c2c(C)c(C#N)c(=O)n(CC)c2NCCc2ccc(OC)c(OC)c2)SC1=S. The van der Waals surface area contributed by atoms with Crippen LogP contribution in [-0.4, -0.2) is 46.5 Å². The third-order valence-electron chi connectivity index (χ3n) is 6.48. The van der Waals surface area contributed by atoms with Crippen molar-refractivity contribution in [1.29, 1.82) is 5.26 Å². The highest BCUT2D eigenvalue weighted by molar-refractivity contribution is 8.26. The smallest absolute Gasteiger partial charge is 0.270 e. The third-order valence-corrected chi connectivity index (χ3v) is 7.81. The van der Waals surface area contributed by atoms with Gasteiger partial charge in [-0.2, -0.15) is 5.26 Å². The molecule has 0 aliphatic carbocycles. The van der Waals surface area contributed by atoms with Crippen molar-refractivity contribution in [2.24, 2.45) is 0 Å². The van der Waals surface area contributed by atoms with E-state index in [4.69, 9.17) is 21.7 Å².